The number of hydrogen-bond donors (Lipinski definition) is 2. The summed E-state index contributed by atoms with van der Waals surface area (Å²) < 4.78 is 0. The quantitative estimate of drug-likeness (QED) is 0.349. The van der Waals surface area contributed by atoms with E-state index in [1.807, 2.05) is 0 Å². The van der Waals surface area contributed by atoms with Gasteiger partial charge in [0.15, 0.2) is 0 Å². The number of carbonyl (C=O) groups is 1. The van der Waals surface area contributed by atoms with Gasteiger partial charge in [0, 0.05) is 23.0 Å². The molecule has 0 spiro atoms. The van der Waals surface area contributed by atoms with E-state index in [2.05, 4.69) is 15.3 Å². The zero-order chi connectivity index (χ0) is 12.7. The highest BCUT2D eigenvalue weighted by Gasteiger charge is 2.16. The third kappa shape index (κ3) is 4.32. The first-order valence-electron chi connectivity index (χ1n) is 4.94. The van der Waals surface area contributed by atoms with E-state index in [4.69, 9.17) is 22.9 Å². The summed E-state index contributed by atoms with van der Waals surface area (Å²) in [5.74, 6) is -0.492. The fourth-order valence-electron chi connectivity index (χ4n) is 1.34. The molecule has 0 aromatic heterocycles. The van der Waals surface area contributed by atoms with Crippen molar-refractivity contribution in [2.24, 2.45) is 10.8 Å². The van der Waals surface area contributed by atoms with Crippen LogP contribution in [0.3, 0.4) is 0 Å². The van der Waals surface area contributed by atoms with Crippen molar-refractivity contribution < 1.29 is 4.79 Å². The molecule has 3 N–H and O–H groups in total. The highest BCUT2D eigenvalue weighted by atomic mass is 35.5. The van der Waals surface area contributed by atoms with Crippen molar-refractivity contribution in [1.29, 1.82) is 0 Å². The number of azide groups is 1. The summed E-state index contributed by atoms with van der Waals surface area (Å²) in [5, 5.41) is 6.85. The van der Waals surface area contributed by atoms with Crippen LogP contribution in [0.2, 0.25) is 5.02 Å². The first kappa shape index (κ1) is 13.3. The summed E-state index contributed by atoms with van der Waals surface area (Å²) in [5.41, 5.74) is 14.1. The SMILES string of the molecule is [N-]=[N+]=NCCNC(C(N)=O)c1ccc(Cl)cc1. The van der Waals surface area contributed by atoms with Crippen LogP contribution in [-0.4, -0.2) is 19.0 Å². The van der Waals surface area contributed by atoms with Crippen LogP contribution < -0.4 is 11.1 Å². The Morgan fingerprint density at radius 1 is 1.53 bits per heavy atom. The van der Waals surface area contributed by atoms with Gasteiger partial charge in [-0.15, -0.1) is 0 Å². The van der Waals surface area contributed by atoms with Crippen molar-refractivity contribution in [2.75, 3.05) is 13.1 Å². The second kappa shape index (κ2) is 6.75. The van der Waals surface area contributed by atoms with Crippen LogP contribution in [0.4, 0.5) is 0 Å². The Bertz CT molecular complexity index is 427. The van der Waals surface area contributed by atoms with Crippen LogP contribution in [0, 0.1) is 0 Å². The third-order valence-electron chi connectivity index (χ3n) is 2.11. The summed E-state index contributed by atoms with van der Waals surface area (Å²) in [6.45, 7) is 0.633. The molecule has 0 fully saturated rings. The standard InChI is InChI=1S/C10H12ClN5O/c11-8-3-1-7(2-4-8)9(10(12)17)14-5-6-15-16-13/h1-4,9,14H,5-6H2,(H2,12,17). The molecule has 1 unspecified atom stereocenters. The molecular weight excluding hydrogens is 242 g/mol. The molecular formula is C10H12ClN5O. The first-order valence-corrected chi connectivity index (χ1v) is 5.32. The van der Waals surface area contributed by atoms with Gasteiger partial charge in [-0.3, -0.25) is 4.79 Å². The molecule has 0 bridgehead atoms. The van der Waals surface area contributed by atoms with Crippen molar-refractivity contribution in [3.05, 3.63) is 45.3 Å². The van der Waals surface area contributed by atoms with E-state index in [1.165, 1.54) is 0 Å². The molecule has 0 heterocycles. The average molecular weight is 254 g/mol. The summed E-state index contributed by atoms with van der Waals surface area (Å²) in [4.78, 5) is 13.9. The van der Waals surface area contributed by atoms with Gasteiger partial charge in [0.2, 0.25) is 5.91 Å². The maximum absolute atomic E-state index is 11.3. The van der Waals surface area contributed by atoms with Crippen LogP contribution in [-0.2, 0) is 4.79 Å². The smallest absolute Gasteiger partial charge is 0.239 e. The van der Waals surface area contributed by atoms with Gasteiger partial charge < -0.3 is 11.1 Å². The molecule has 1 atom stereocenters. The second-order valence-electron chi connectivity index (χ2n) is 3.30. The Morgan fingerprint density at radius 2 is 2.18 bits per heavy atom. The summed E-state index contributed by atoms with van der Waals surface area (Å²) >= 11 is 5.75. The fraction of sp³-hybridized carbons (Fsp3) is 0.300. The number of carbonyl (C=O) groups excluding carboxylic acids is 1. The van der Waals surface area contributed by atoms with Crippen LogP contribution in [0.5, 0.6) is 0 Å². The highest BCUT2D eigenvalue weighted by molar-refractivity contribution is 6.30. The summed E-state index contributed by atoms with van der Waals surface area (Å²) in [6.07, 6.45) is 0. The van der Waals surface area contributed by atoms with E-state index < -0.39 is 11.9 Å². The van der Waals surface area contributed by atoms with Crippen LogP contribution in [0.25, 0.3) is 10.4 Å². The fourth-order valence-corrected chi connectivity index (χ4v) is 1.47. The number of nitrogens with zero attached hydrogens (tertiary/aromatic N) is 3. The zero-order valence-electron chi connectivity index (χ0n) is 9.01. The highest BCUT2D eigenvalue weighted by Crippen LogP contribution is 2.16. The van der Waals surface area contributed by atoms with Gasteiger partial charge in [-0.25, -0.2) is 0 Å². The molecule has 0 radical (unpaired) electrons. The Kier molecular flexibility index (Phi) is 5.29. The Hall–Kier alpha value is -1.75. The van der Waals surface area contributed by atoms with Crippen molar-refractivity contribution in [1.82, 2.24) is 5.32 Å². The zero-order valence-corrected chi connectivity index (χ0v) is 9.76. The Labute approximate surface area is 103 Å². The number of halogens is 1. The van der Waals surface area contributed by atoms with Gasteiger partial charge in [-0.2, -0.15) is 0 Å². The largest absolute Gasteiger partial charge is 0.368 e. The maximum Gasteiger partial charge on any atom is 0.239 e. The molecule has 6 nitrogen and oxygen atoms in total. The number of rotatable bonds is 6. The minimum absolute atomic E-state index is 0.258. The van der Waals surface area contributed by atoms with Gasteiger partial charge in [0.25, 0.3) is 0 Å². The topological polar surface area (TPSA) is 104 Å². The molecule has 90 valence electrons. The molecule has 0 saturated carbocycles. The summed E-state index contributed by atoms with van der Waals surface area (Å²) in [6, 6.07) is 6.20. The molecule has 1 aromatic carbocycles. The molecule has 0 aliphatic carbocycles. The number of nitrogens with two attached hydrogens (primary N) is 1. The van der Waals surface area contributed by atoms with Crippen LogP contribution in [0.1, 0.15) is 11.6 Å². The molecule has 1 amide bonds. The number of amides is 1. The van der Waals surface area contributed by atoms with E-state index in [1.54, 1.807) is 24.3 Å². The lowest BCUT2D eigenvalue weighted by molar-refractivity contribution is -0.120. The third-order valence-corrected chi connectivity index (χ3v) is 2.36. The monoisotopic (exact) mass is 253 g/mol. The number of nitrogens with one attached hydrogen (secondary N) is 1. The lowest BCUT2D eigenvalue weighted by Crippen LogP contribution is -2.34. The van der Waals surface area contributed by atoms with E-state index >= 15 is 0 Å². The number of primary amides is 1. The van der Waals surface area contributed by atoms with Gasteiger partial charge >= 0.3 is 0 Å². The molecule has 7 heteroatoms. The van der Waals surface area contributed by atoms with Crippen molar-refractivity contribution >= 4 is 17.5 Å². The Morgan fingerprint density at radius 3 is 2.71 bits per heavy atom. The number of hydrogen-bond acceptors (Lipinski definition) is 3. The first-order chi connectivity index (χ1) is 8.15. The van der Waals surface area contributed by atoms with Gasteiger partial charge in [0.05, 0.1) is 0 Å². The van der Waals surface area contributed by atoms with Crippen molar-refractivity contribution in [2.45, 2.75) is 6.04 Å². The minimum Gasteiger partial charge on any atom is -0.368 e. The van der Waals surface area contributed by atoms with E-state index in [9.17, 15) is 4.79 Å². The van der Waals surface area contributed by atoms with Crippen molar-refractivity contribution in [3.8, 4) is 0 Å². The summed E-state index contributed by atoms with van der Waals surface area (Å²) in [7, 11) is 0. The normalized spacial score (nSPS) is 11.6. The van der Waals surface area contributed by atoms with Crippen molar-refractivity contribution in [3.63, 3.8) is 0 Å². The minimum atomic E-state index is -0.610. The van der Waals surface area contributed by atoms with Crippen LogP contribution >= 0.6 is 11.6 Å². The Balaban J connectivity index is 2.68. The van der Waals surface area contributed by atoms with E-state index in [-0.39, 0.29) is 6.54 Å². The van der Waals surface area contributed by atoms with Gasteiger partial charge in [0.1, 0.15) is 6.04 Å². The van der Waals surface area contributed by atoms with E-state index in [0.29, 0.717) is 11.6 Å². The second-order valence-corrected chi connectivity index (χ2v) is 3.73. The van der Waals surface area contributed by atoms with Crippen LogP contribution in [0.15, 0.2) is 29.4 Å². The predicted molar refractivity (Wildman–Crippen MR) is 65.4 cm³/mol. The molecule has 1 aromatic rings. The molecule has 1 rings (SSSR count). The van der Waals surface area contributed by atoms with Gasteiger partial charge in [-0.05, 0) is 23.2 Å². The van der Waals surface area contributed by atoms with E-state index in [0.717, 1.165) is 5.56 Å². The molecule has 0 saturated heterocycles. The average Bonchev–Trinajstić information content (AvgIpc) is 2.30. The lowest BCUT2D eigenvalue weighted by Gasteiger charge is -2.15. The molecule has 0 aliphatic rings. The molecule has 17 heavy (non-hydrogen) atoms. The maximum atomic E-state index is 11.3. The number of benzene rings is 1. The predicted octanol–water partition coefficient (Wildman–Crippen LogP) is 1.77. The lowest BCUT2D eigenvalue weighted by atomic mass is 10.1. The molecule has 0 aliphatic heterocycles. The van der Waals surface area contributed by atoms with Gasteiger partial charge in [-0.1, -0.05) is 28.8 Å².